The zero-order chi connectivity index (χ0) is 15.5. The van der Waals surface area contributed by atoms with Crippen LogP contribution in [0.5, 0.6) is 0 Å². The second-order valence-electron chi connectivity index (χ2n) is 5.94. The molecule has 1 fully saturated rings. The van der Waals surface area contributed by atoms with Crippen molar-refractivity contribution in [3.8, 4) is 0 Å². The quantitative estimate of drug-likeness (QED) is 0.833. The van der Waals surface area contributed by atoms with Gasteiger partial charge in [-0.2, -0.15) is 0 Å². The van der Waals surface area contributed by atoms with Crippen LogP contribution in [0.1, 0.15) is 27.2 Å². The number of hydrogen-bond donors (Lipinski definition) is 1. The number of carboxylic acid groups (broad SMARTS) is 1. The van der Waals surface area contributed by atoms with Gasteiger partial charge in [0.15, 0.2) is 0 Å². The fraction of sp³-hybridized carbons (Fsp3) is 0.769. The molecule has 0 radical (unpaired) electrons. The van der Waals surface area contributed by atoms with Crippen molar-refractivity contribution in [1.82, 2.24) is 9.80 Å². The number of carbonyl (C=O) groups excluding carboxylic acids is 2. The van der Waals surface area contributed by atoms with Crippen LogP contribution in [0.25, 0.3) is 0 Å². The number of carbonyl (C=O) groups is 3. The molecule has 0 bridgehead atoms. The van der Waals surface area contributed by atoms with E-state index in [-0.39, 0.29) is 24.8 Å². The summed E-state index contributed by atoms with van der Waals surface area (Å²) in [6.45, 7) is 5.64. The predicted molar refractivity (Wildman–Crippen MR) is 77.3 cm³/mol. The zero-order valence-electron chi connectivity index (χ0n) is 12.4. The maximum absolute atomic E-state index is 12.3. The van der Waals surface area contributed by atoms with E-state index in [1.807, 2.05) is 20.8 Å². The van der Waals surface area contributed by atoms with E-state index in [1.54, 1.807) is 23.7 Å². The Morgan fingerprint density at radius 1 is 1.35 bits per heavy atom. The van der Waals surface area contributed by atoms with E-state index in [1.165, 1.54) is 4.90 Å². The lowest BCUT2D eigenvalue weighted by Crippen LogP contribution is -2.51. The molecular weight excluding hydrogens is 280 g/mol. The van der Waals surface area contributed by atoms with Gasteiger partial charge < -0.3 is 14.9 Å². The first-order valence-corrected chi connectivity index (χ1v) is 7.65. The molecule has 1 heterocycles. The molecule has 1 aliphatic heterocycles. The summed E-state index contributed by atoms with van der Waals surface area (Å²) in [4.78, 5) is 38.2. The minimum Gasteiger partial charge on any atom is -0.481 e. The molecule has 0 saturated carbocycles. The first kappa shape index (κ1) is 16.8. The highest BCUT2D eigenvalue weighted by atomic mass is 32.2. The van der Waals surface area contributed by atoms with Crippen molar-refractivity contribution in [3.63, 3.8) is 0 Å². The standard InChI is InChI=1S/C13H22N2O4S/c1-13(2,3)12(19)15-8-20-7-9(15)11(18)14(4)6-5-10(16)17/h9H,5-8H2,1-4H3,(H,16,17). The van der Waals surface area contributed by atoms with E-state index >= 15 is 0 Å². The Balaban J connectivity index is 2.71. The number of amides is 2. The van der Waals surface area contributed by atoms with Crippen LogP contribution in [0.15, 0.2) is 0 Å². The van der Waals surface area contributed by atoms with E-state index in [2.05, 4.69) is 0 Å². The summed E-state index contributed by atoms with van der Waals surface area (Å²) in [5.74, 6) is -0.0911. The number of hydrogen-bond acceptors (Lipinski definition) is 4. The smallest absolute Gasteiger partial charge is 0.305 e. The average Bonchev–Trinajstić information content (AvgIpc) is 2.81. The Kier molecular flexibility index (Phi) is 5.44. The summed E-state index contributed by atoms with van der Waals surface area (Å²) in [6.07, 6.45) is -0.0880. The van der Waals surface area contributed by atoms with Crippen LogP contribution >= 0.6 is 11.8 Å². The van der Waals surface area contributed by atoms with Gasteiger partial charge in [0.1, 0.15) is 6.04 Å². The van der Waals surface area contributed by atoms with Gasteiger partial charge in [0, 0.05) is 24.8 Å². The maximum atomic E-state index is 12.3. The van der Waals surface area contributed by atoms with Gasteiger partial charge in [0.05, 0.1) is 12.3 Å². The van der Waals surface area contributed by atoms with Crippen LogP contribution in [-0.4, -0.2) is 64.0 Å². The molecule has 20 heavy (non-hydrogen) atoms. The molecule has 7 heteroatoms. The van der Waals surface area contributed by atoms with Crippen molar-refractivity contribution >= 4 is 29.5 Å². The minimum atomic E-state index is -0.937. The van der Waals surface area contributed by atoms with Crippen LogP contribution in [0, 0.1) is 5.41 Å². The first-order valence-electron chi connectivity index (χ1n) is 6.50. The van der Waals surface area contributed by atoms with Crippen LogP contribution < -0.4 is 0 Å². The van der Waals surface area contributed by atoms with Crippen molar-refractivity contribution in [1.29, 1.82) is 0 Å². The summed E-state index contributed by atoms with van der Waals surface area (Å²) in [5.41, 5.74) is -0.525. The monoisotopic (exact) mass is 302 g/mol. The molecule has 114 valence electrons. The minimum absolute atomic E-state index is 0.0486. The van der Waals surface area contributed by atoms with Crippen molar-refractivity contribution in [2.45, 2.75) is 33.2 Å². The van der Waals surface area contributed by atoms with Crippen molar-refractivity contribution < 1.29 is 19.5 Å². The van der Waals surface area contributed by atoms with Crippen molar-refractivity contribution in [2.24, 2.45) is 5.41 Å². The first-order chi connectivity index (χ1) is 9.14. The van der Waals surface area contributed by atoms with Crippen LogP contribution in [-0.2, 0) is 14.4 Å². The molecule has 0 spiro atoms. The molecule has 1 unspecified atom stereocenters. The lowest BCUT2D eigenvalue weighted by Gasteiger charge is -2.31. The Bertz CT molecular complexity index is 406. The van der Waals surface area contributed by atoms with Gasteiger partial charge in [-0.25, -0.2) is 0 Å². The van der Waals surface area contributed by atoms with Gasteiger partial charge in [-0.1, -0.05) is 20.8 Å². The van der Waals surface area contributed by atoms with Gasteiger partial charge in [0.2, 0.25) is 11.8 Å². The zero-order valence-corrected chi connectivity index (χ0v) is 13.2. The van der Waals surface area contributed by atoms with Crippen molar-refractivity contribution in [3.05, 3.63) is 0 Å². The molecule has 1 rings (SSSR count). The van der Waals surface area contributed by atoms with E-state index < -0.39 is 17.4 Å². The molecule has 1 N–H and O–H groups in total. The van der Waals surface area contributed by atoms with Crippen LogP contribution in [0.4, 0.5) is 0 Å². The second-order valence-corrected chi connectivity index (χ2v) is 6.94. The fourth-order valence-electron chi connectivity index (χ4n) is 1.91. The Morgan fingerprint density at radius 2 is 1.95 bits per heavy atom. The lowest BCUT2D eigenvalue weighted by molar-refractivity contribution is -0.148. The fourth-order valence-corrected chi connectivity index (χ4v) is 3.05. The summed E-state index contributed by atoms with van der Waals surface area (Å²) in [7, 11) is 1.58. The van der Waals surface area contributed by atoms with Gasteiger partial charge in [-0.05, 0) is 0 Å². The third kappa shape index (κ3) is 4.13. The number of likely N-dealkylation sites (N-methyl/N-ethyl adjacent to an activating group) is 1. The number of thioether (sulfide) groups is 1. The number of rotatable bonds is 4. The predicted octanol–water partition coefficient (Wildman–Crippen LogP) is 0.867. The van der Waals surface area contributed by atoms with E-state index in [0.29, 0.717) is 11.6 Å². The summed E-state index contributed by atoms with van der Waals surface area (Å²) < 4.78 is 0. The molecule has 0 aromatic rings. The number of nitrogens with zero attached hydrogens (tertiary/aromatic N) is 2. The molecule has 6 nitrogen and oxygen atoms in total. The Hall–Kier alpha value is -1.24. The Morgan fingerprint density at radius 3 is 2.45 bits per heavy atom. The lowest BCUT2D eigenvalue weighted by atomic mass is 9.94. The third-order valence-electron chi connectivity index (χ3n) is 3.11. The normalized spacial score (nSPS) is 19.0. The van der Waals surface area contributed by atoms with Gasteiger partial charge in [-0.15, -0.1) is 11.8 Å². The van der Waals surface area contributed by atoms with Gasteiger partial charge in [0.25, 0.3) is 0 Å². The number of carboxylic acids is 1. The highest BCUT2D eigenvalue weighted by Crippen LogP contribution is 2.28. The summed E-state index contributed by atoms with van der Waals surface area (Å²) in [5, 5.41) is 8.65. The maximum Gasteiger partial charge on any atom is 0.305 e. The van der Waals surface area contributed by atoms with Gasteiger partial charge in [-0.3, -0.25) is 14.4 Å². The van der Waals surface area contributed by atoms with Crippen LogP contribution in [0.3, 0.4) is 0 Å². The average molecular weight is 302 g/mol. The highest BCUT2D eigenvalue weighted by Gasteiger charge is 2.39. The molecule has 1 aliphatic rings. The molecule has 2 amide bonds. The number of aliphatic carboxylic acids is 1. The molecule has 0 aliphatic carbocycles. The largest absolute Gasteiger partial charge is 0.481 e. The molecule has 1 saturated heterocycles. The van der Waals surface area contributed by atoms with E-state index in [4.69, 9.17) is 5.11 Å². The van der Waals surface area contributed by atoms with E-state index in [0.717, 1.165) is 0 Å². The molecule has 0 aromatic carbocycles. The van der Waals surface area contributed by atoms with Crippen molar-refractivity contribution in [2.75, 3.05) is 25.2 Å². The van der Waals surface area contributed by atoms with Gasteiger partial charge >= 0.3 is 5.97 Å². The Labute approximate surface area is 123 Å². The SMILES string of the molecule is CN(CCC(=O)O)C(=O)C1CSCN1C(=O)C(C)(C)C. The summed E-state index contributed by atoms with van der Waals surface area (Å²) in [6, 6.07) is -0.481. The molecular formula is C13H22N2O4S. The highest BCUT2D eigenvalue weighted by molar-refractivity contribution is 7.99. The summed E-state index contributed by atoms with van der Waals surface area (Å²) >= 11 is 1.55. The van der Waals surface area contributed by atoms with E-state index in [9.17, 15) is 14.4 Å². The van der Waals surface area contributed by atoms with Crippen LogP contribution in [0.2, 0.25) is 0 Å². The topological polar surface area (TPSA) is 77.9 Å². The molecule has 1 atom stereocenters. The molecule has 0 aromatic heterocycles. The second kappa shape index (κ2) is 6.47. The third-order valence-corrected chi connectivity index (χ3v) is 4.12.